The Hall–Kier alpha value is -2.87. The molecule has 0 bridgehead atoms. The number of anilines is 2. The largest absolute Gasteiger partial charge is 0.497 e. The fourth-order valence-electron chi connectivity index (χ4n) is 2.99. The molecule has 27 heavy (non-hydrogen) atoms. The molecule has 1 unspecified atom stereocenters. The SMILES string of the molecule is COc1ccc(N2CC(C(=O)Nc3cnn(CCN(C)C)c3)CC2=O)cc1. The average molecular weight is 371 g/mol. The van der Waals surface area contributed by atoms with Crippen molar-refractivity contribution < 1.29 is 14.3 Å². The number of benzene rings is 1. The molecule has 8 nitrogen and oxygen atoms in total. The van der Waals surface area contributed by atoms with Gasteiger partial charge in [0.2, 0.25) is 11.8 Å². The van der Waals surface area contributed by atoms with E-state index in [-0.39, 0.29) is 24.2 Å². The fourth-order valence-corrected chi connectivity index (χ4v) is 2.99. The molecule has 144 valence electrons. The lowest BCUT2D eigenvalue weighted by Crippen LogP contribution is -2.28. The maximum absolute atomic E-state index is 12.6. The molecule has 3 rings (SSSR count). The third-order valence-corrected chi connectivity index (χ3v) is 4.56. The lowest BCUT2D eigenvalue weighted by molar-refractivity contribution is -0.122. The number of carbonyl (C=O) groups is 2. The van der Waals surface area contributed by atoms with Crippen LogP contribution < -0.4 is 15.0 Å². The quantitative estimate of drug-likeness (QED) is 0.797. The van der Waals surface area contributed by atoms with Gasteiger partial charge in [-0.2, -0.15) is 5.10 Å². The van der Waals surface area contributed by atoms with Gasteiger partial charge in [-0.3, -0.25) is 14.3 Å². The van der Waals surface area contributed by atoms with Gasteiger partial charge in [-0.1, -0.05) is 0 Å². The Labute approximate surface area is 158 Å². The van der Waals surface area contributed by atoms with E-state index in [2.05, 4.69) is 15.3 Å². The molecule has 1 aliphatic rings. The van der Waals surface area contributed by atoms with Crippen molar-refractivity contribution in [3.05, 3.63) is 36.7 Å². The Bertz CT molecular complexity index is 800. The zero-order valence-electron chi connectivity index (χ0n) is 15.9. The van der Waals surface area contributed by atoms with Crippen LogP contribution in [0.3, 0.4) is 0 Å². The van der Waals surface area contributed by atoms with Crippen molar-refractivity contribution in [1.29, 1.82) is 0 Å². The lowest BCUT2D eigenvalue weighted by atomic mass is 10.1. The van der Waals surface area contributed by atoms with Crippen molar-refractivity contribution in [2.45, 2.75) is 13.0 Å². The molecule has 1 N–H and O–H groups in total. The van der Waals surface area contributed by atoms with Gasteiger partial charge in [-0.25, -0.2) is 0 Å². The number of hydrogen-bond acceptors (Lipinski definition) is 5. The topological polar surface area (TPSA) is 79.7 Å². The number of hydrogen-bond donors (Lipinski definition) is 1. The summed E-state index contributed by atoms with van der Waals surface area (Å²) in [5, 5.41) is 7.12. The number of amides is 2. The highest BCUT2D eigenvalue weighted by atomic mass is 16.5. The predicted octanol–water partition coefficient (Wildman–Crippen LogP) is 1.44. The second-order valence-electron chi connectivity index (χ2n) is 6.89. The first-order valence-electron chi connectivity index (χ1n) is 8.88. The highest BCUT2D eigenvalue weighted by Crippen LogP contribution is 2.27. The highest BCUT2D eigenvalue weighted by molar-refractivity contribution is 6.03. The zero-order valence-corrected chi connectivity index (χ0v) is 15.9. The molecule has 0 aliphatic carbocycles. The minimum absolute atomic E-state index is 0.0537. The van der Waals surface area contributed by atoms with Crippen LogP contribution in [0.25, 0.3) is 0 Å². The first-order valence-corrected chi connectivity index (χ1v) is 8.88. The van der Waals surface area contributed by atoms with Crippen molar-refractivity contribution in [2.24, 2.45) is 5.92 Å². The first kappa shape index (κ1) is 18.9. The molecule has 1 fully saturated rings. The van der Waals surface area contributed by atoms with Gasteiger partial charge in [0, 0.05) is 31.4 Å². The van der Waals surface area contributed by atoms with E-state index in [9.17, 15) is 9.59 Å². The second kappa shape index (κ2) is 8.22. The number of methoxy groups -OCH3 is 1. The van der Waals surface area contributed by atoms with E-state index in [1.165, 1.54) is 0 Å². The molecule has 1 aromatic heterocycles. The van der Waals surface area contributed by atoms with Gasteiger partial charge < -0.3 is 19.9 Å². The van der Waals surface area contributed by atoms with Crippen LogP contribution in [0, 0.1) is 5.92 Å². The molecule has 1 aromatic carbocycles. The molecule has 0 saturated carbocycles. The van der Waals surface area contributed by atoms with E-state index in [0.717, 1.165) is 24.5 Å². The monoisotopic (exact) mass is 371 g/mol. The van der Waals surface area contributed by atoms with Crippen molar-refractivity contribution in [3.63, 3.8) is 0 Å². The van der Waals surface area contributed by atoms with E-state index in [1.54, 1.807) is 41.2 Å². The summed E-state index contributed by atoms with van der Waals surface area (Å²) in [6, 6.07) is 7.26. The highest BCUT2D eigenvalue weighted by Gasteiger charge is 2.35. The predicted molar refractivity (Wildman–Crippen MR) is 103 cm³/mol. The molecular formula is C19H25N5O3. The van der Waals surface area contributed by atoms with Gasteiger partial charge in [0.15, 0.2) is 0 Å². The summed E-state index contributed by atoms with van der Waals surface area (Å²) < 4.78 is 6.93. The maximum atomic E-state index is 12.6. The van der Waals surface area contributed by atoms with Crippen LogP contribution in [0.15, 0.2) is 36.7 Å². The van der Waals surface area contributed by atoms with Crippen LogP contribution in [0.2, 0.25) is 0 Å². The number of nitrogens with zero attached hydrogens (tertiary/aromatic N) is 4. The van der Waals surface area contributed by atoms with Gasteiger partial charge in [0.05, 0.1) is 31.5 Å². The van der Waals surface area contributed by atoms with Gasteiger partial charge in [-0.15, -0.1) is 0 Å². The third kappa shape index (κ3) is 4.65. The molecule has 0 spiro atoms. The molecule has 2 aromatic rings. The molecule has 1 atom stereocenters. The lowest BCUT2D eigenvalue weighted by Gasteiger charge is -2.17. The third-order valence-electron chi connectivity index (χ3n) is 4.56. The summed E-state index contributed by atoms with van der Waals surface area (Å²) >= 11 is 0. The standard InChI is InChI=1S/C19H25N5O3/c1-22(2)8-9-23-13-15(11-20-23)21-19(26)14-10-18(25)24(12-14)16-4-6-17(27-3)7-5-16/h4-7,11,13-14H,8-10,12H2,1-3H3,(H,21,26). The molecule has 2 heterocycles. The summed E-state index contributed by atoms with van der Waals surface area (Å²) in [6.45, 7) is 1.98. The summed E-state index contributed by atoms with van der Waals surface area (Å²) in [5.74, 6) is 0.129. The van der Waals surface area contributed by atoms with Crippen LogP contribution in [-0.2, 0) is 16.1 Å². The first-order chi connectivity index (χ1) is 13.0. The van der Waals surface area contributed by atoms with Crippen LogP contribution in [0.5, 0.6) is 5.75 Å². The second-order valence-corrected chi connectivity index (χ2v) is 6.89. The molecule has 2 amide bonds. The van der Waals surface area contributed by atoms with Crippen molar-refractivity contribution in [2.75, 3.05) is 44.5 Å². The van der Waals surface area contributed by atoms with E-state index in [4.69, 9.17) is 4.74 Å². The minimum Gasteiger partial charge on any atom is -0.497 e. The number of likely N-dealkylation sites (N-methyl/N-ethyl adjacent to an activating group) is 1. The number of carbonyl (C=O) groups excluding carboxylic acids is 2. The van der Waals surface area contributed by atoms with Crippen LogP contribution >= 0.6 is 0 Å². The maximum Gasteiger partial charge on any atom is 0.229 e. The van der Waals surface area contributed by atoms with Gasteiger partial charge in [-0.05, 0) is 38.4 Å². The summed E-state index contributed by atoms with van der Waals surface area (Å²) in [7, 11) is 5.59. The van der Waals surface area contributed by atoms with Crippen molar-refractivity contribution >= 4 is 23.2 Å². The Morgan fingerprint density at radius 2 is 2.07 bits per heavy atom. The van der Waals surface area contributed by atoms with Crippen molar-refractivity contribution in [1.82, 2.24) is 14.7 Å². The Morgan fingerprint density at radius 3 is 2.74 bits per heavy atom. The van der Waals surface area contributed by atoms with Gasteiger partial charge >= 0.3 is 0 Å². The summed E-state index contributed by atoms with van der Waals surface area (Å²) in [6.07, 6.45) is 3.64. The Balaban J connectivity index is 1.58. The van der Waals surface area contributed by atoms with E-state index in [0.29, 0.717) is 12.2 Å². The molecular weight excluding hydrogens is 346 g/mol. The number of ether oxygens (including phenoxy) is 1. The Morgan fingerprint density at radius 1 is 1.33 bits per heavy atom. The number of aromatic nitrogens is 2. The van der Waals surface area contributed by atoms with Crippen molar-refractivity contribution in [3.8, 4) is 5.75 Å². The smallest absolute Gasteiger partial charge is 0.229 e. The average Bonchev–Trinajstić information content (AvgIpc) is 3.26. The molecule has 1 saturated heterocycles. The summed E-state index contributed by atoms with van der Waals surface area (Å²) in [4.78, 5) is 28.6. The summed E-state index contributed by atoms with van der Waals surface area (Å²) in [5.41, 5.74) is 1.42. The molecule has 1 aliphatic heterocycles. The zero-order chi connectivity index (χ0) is 19.4. The van der Waals surface area contributed by atoms with Gasteiger partial charge in [0.1, 0.15) is 5.75 Å². The van der Waals surface area contributed by atoms with Crippen LogP contribution in [-0.4, -0.2) is 60.8 Å². The van der Waals surface area contributed by atoms with Crippen LogP contribution in [0.1, 0.15) is 6.42 Å². The van der Waals surface area contributed by atoms with Crippen LogP contribution in [0.4, 0.5) is 11.4 Å². The van der Waals surface area contributed by atoms with E-state index < -0.39 is 0 Å². The number of nitrogens with one attached hydrogen (secondary N) is 1. The van der Waals surface area contributed by atoms with E-state index in [1.807, 2.05) is 26.2 Å². The molecule has 8 heteroatoms. The fraction of sp³-hybridized carbons (Fsp3) is 0.421. The molecule has 0 radical (unpaired) electrons. The Kier molecular flexibility index (Phi) is 5.75. The van der Waals surface area contributed by atoms with Gasteiger partial charge in [0.25, 0.3) is 0 Å². The minimum atomic E-state index is -0.385. The number of rotatable bonds is 7. The van der Waals surface area contributed by atoms with E-state index >= 15 is 0 Å². The normalized spacial score (nSPS) is 16.8.